The summed E-state index contributed by atoms with van der Waals surface area (Å²) in [7, 11) is 0. The van der Waals surface area contributed by atoms with Crippen molar-refractivity contribution < 1.29 is 9.59 Å². The number of para-hydroxylation sites is 1. The molecular weight excluding hydrogens is 370 g/mol. The predicted molar refractivity (Wildman–Crippen MR) is 107 cm³/mol. The molecule has 1 aliphatic rings. The van der Waals surface area contributed by atoms with Gasteiger partial charge in [-0.15, -0.1) is 0 Å². The highest BCUT2D eigenvalue weighted by Gasteiger charge is 2.32. The van der Waals surface area contributed by atoms with Crippen LogP contribution in [0.25, 0.3) is 0 Å². The summed E-state index contributed by atoms with van der Waals surface area (Å²) in [5, 5.41) is 6.12. The van der Waals surface area contributed by atoms with E-state index in [1.807, 2.05) is 44.2 Å². The first kappa shape index (κ1) is 18.5. The van der Waals surface area contributed by atoms with E-state index in [-0.39, 0.29) is 18.2 Å². The van der Waals surface area contributed by atoms with Crippen LogP contribution in [0.15, 0.2) is 47.5 Å². The number of thioether (sulfide) groups is 1. The molecule has 5 nitrogen and oxygen atoms in total. The lowest BCUT2D eigenvalue weighted by Gasteiger charge is -2.10. The molecule has 1 saturated heterocycles. The second-order valence-corrected chi connectivity index (χ2v) is 7.64. The molecule has 1 aliphatic heterocycles. The van der Waals surface area contributed by atoms with E-state index >= 15 is 0 Å². The van der Waals surface area contributed by atoms with E-state index in [1.54, 1.807) is 12.1 Å². The number of aliphatic imine (C=N–C) groups is 1. The van der Waals surface area contributed by atoms with E-state index < -0.39 is 5.25 Å². The van der Waals surface area contributed by atoms with Crippen LogP contribution >= 0.6 is 23.4 Å². The van der Waals surface area contributed by atoms with Gasteiger partial charge in [0.2, 0.25) is 11.8 Å². The number of halogens is 1. The number of amides is 2. The van der Waals surface area contributed by atoms with Crippen LogP contribution in [0.3, 0.4) is 0 Å². The smallest absolute Gasteiger partial charge is 0.240 e. The average molecular weight is 388 g/mol. The molecule has 0 unspecified atom stereocenters. The van der Waals surface area contributed by atoms with Gasteiger partial charge in [0.05, 0.1) is 5.69 Å². The van der Waals surface area contributed by atoms with Gasteiger partial charge in [-0.25, -0.2) is 4.99 Å². The molecule has 0 spiro atoms. The van der Waals surface area contributed by atoms with Gasteiger partial charge in [0.1, 0.15) is 5.25 Å². The van der Waals surface area contributed by atoms with Gasteiger partial charge in [0.25, 0.3) is 0 Å². The minimum absolute atomic E-state index is 0.0647. The molecule has 0 aromatic heterocycles. The second kappa shape index (κ2) is 7.93. The summed E-state index contributed by atoms with van der Waals surface area (Å²) < 4.78 is 0. The number of hydrogen-bond donors (Lipinski definition) is 2. The SMILES string of the molecule is Cc1ccccc1N=C1NC(=O)[C@@H](CC(=O)Nc2cc(Cl)ccc2C)S1. The Morgan fingerprint density at radius 1 is 1.23 bits per heavy atom. The van der Waals surface area contributed by atoms with E-state index in [1.165, 1.54) is 11.8 Å². The largest absolute Gasteiger partial charge is 0.326 e. The van der Waals surface area contributed by atoms with Crippen molar-refractivity contribution in [3.05, 3.63) is 58.6 Å². The summed E-state index contributed by atoms with van der Waals surface area (Å²) in [6.45, 7) is 3.84. The van der Waals surface area contributed by atoms with Crippen molar-refractivity contribution in [1.82, 2.24) is 5.32 Å². The Kier molecular flexibility index (Phi) is 5.64. The molecule has 0 saturated carbocycles. The molecule has 0 bridgehead atoms. The summed E-state index contributed by atoms with van der Waals surface area (Å²) in [6.07, 6.45) is 0.0647. The first-order valence-corrected chi connectivity index (χ1v) is 9.36. The van der Waals surface area contributed by atoms with Gasteiger partial charge in [-0.1, -0.05) is 47.6 Å². The third-order valence-corrected chi connectivity index (χ3v) is 5.28. The van der Waals surface area contributed by atoms with Gasteiger partial charge in [-0.2, -0.15) is 0 Å². The molecule has 0 radical (unpaired) electrons. The summed E-state index contributed by atoms with van der Waals surface area (Å²) in [4.78, 5) is 28.9. The topological polar surface area (TPSA) is 70.6 Å². The minimum Gasteiger partial charge on any atom is -0.326 e. The van der Waals surface area contributed by atoms with Crippen LogP contribution in [0.5, 0.6) is 0 Å². The summed E-state index contributed by atoms with van der Waals surface area (Å²) in [5.41, 5.74) is 3.38. The normalized spacial score (nSPS) is 18.0. The maximum atomic E-state index is 12.3. The molecule has 1 heterocycles. The van der Waals surface area contributed by atoms with Crippen molar-refractivity contribution in [2.24, 2.45) is 4.99 Å². The van der Waals surface area contributed by atoms with Crippen LogP contribution in [-0.4, -0.2) is 22.2 Å². The van der Waals surface area contributed by atoms with Crippen LogP contribution in [0, 0.1) is 13.8 Å². The van der Waals surface area contributed by atoms with Crippen LogP contribution in [-0.2, 0) is 9.59 Å². The van der Waals surface area contributed by atoms with E-state index in [2.05, 4.69) is 15.6 Å². The fourth-order valence-corrected chi connectivity index (χ4v) is 3.64. The molecule has 2 aromatic carbocycles. The summed E-state index contributed by atoms with van der Waals surface area (Å²) >= 11 is 7.24. The van der Waals surface area contributed by atoms with Crippen molar-refractivity contribution in [2.45, 2.75) is 25.5 Å². The molecule has 134 valence electrons. The molecule has 2 amide bonds. The number of nitrogens with zero attached hydrogens (tertiary/aromatic N) is 1. The zero-order valence-electron chi connectivity index (χ0n) is 14.4. The second-order valence-electron chi connectivity index (χ2n) is 6.01. The van der Waals surface area contributed by atoms with Gasteiger partial charge < -0.3 is 10.6 Å². The maximum absolute atomic E-state index is 12.3. The third-order valence-electron chi connectivity index (χ3n) is 3.96. The monoisotopic (exact) mass is 387 g/mol. The number of carbonyl (C=O) groups excluding carboxylic acids is 2. The first-order valence-electron chi connectivity index (χ1n) is 8.10. The molecule has 7 heteroatoms. The lowest BCUT2D eigenvalue weighted by Crippen LogP contribution is -2.28. The molecule has 3 rings (SSSR count). The number of amidine groups is 1. The number of rotatable bonds is 4. The molecule has 2 aromatic rings. The van der Waals surface area contributed by atoms with E-state index in [9.17, 15) is 9.59 Å². The Hall–Kier alpha value is -2.31. The van der Waals surface area contributed by atoms with Crippen molar-refractivity contribution in [3.63, 3.8) is 0 Å². The molecule has 0 aliphatic carbocycles. The highest BCUT2D eigenvalue weighted by atomic mass is 35.5. The average Bonchev–Trinajstić information content (AvgIpc) is 2.92. The quantitative estimate of drug-likeness (QED) is 0.825. The Bertz CT molecular complexity index is 898. The highest BCUT2D eigenvalue weighted by molar-refractivity contribution is 8.15. The van der Waals surface area contributed by atoms with E-state index in [0.717, 1.165) is 16.8 Å². The summed E-state index contributed by atoms with van der Waals surface area (Å²) in [5.74, 6) is -0.444. The van der Waals surface area contributed by atoms with Crippen molar-refractivity contribution in [1.29, 1.82) is 0 Å². The Labute approximate surface area is 161 Å². The fraction of sp³-hybridized carbons (Fsp3) is 0.211. The number of carbonyl (C=O) groups is 2. The first-order chi connectivity index (χ1) is 12.4. The highest BCUT2D eigenvalue weighted by Crippen LogP contribution is 2.27. The lowest BCUT2D eigenvalue weighted by atomic mass is 10.2. The van der Waals surface area contributed by atoms with Gasteiger partial charge in [-0.05, 0) is 43.2 Å². The number of benzene rings is 2. The third kappa shape index (κ3) is 4.45. The van der Waals surface area contributed by atoms with Gasteiger partial charge in [0.15, 0.2) is 5.17 Å². The molecule has 26 heavy (non-hydrogen) atoms. The summed E-state index contributed by atoms with van der Waals surface area (Å²) in [6, 6.07) is 13.0. The van der Waals surface area contributed by atoms with Crippen LogP contribution in [0.1, 0.15) is 17.5 Å². The minimum atomic E-state index is -0.503. The Morgan fingerprint density at radius 2 is 2.00 bits per heavy atom. The maximum Gasteiger partial charge on any atom is 0.240 e. The molecular formula is C19H18ClN3O2S. The molecule has 1 fully saturated rings. The van der Waals surface area contributed by atoms with Crippen molar-refractivity contribution in [3.8, 4) is 0 Å². The van der Waals surface area contributed by atoms with Gasteiger partial charge in [-0.3, -0.25) is 9.59 Å². The fourth-order valence-electron chi connectivity index (χ4n) is 2.49. The predicted octanol–water partition coefficient (Wildman–Crippen LogP) is 4.20. The van der Waals surface area contributed by atoms with Crippen molar-refractivity contribution in [2.75, 3.05) is 5.32 Å². The number of hydrogen-bond acceptors (Lipinski definition) is 4. The van der Waals surface area contributed by atoms with E-state index in [0.29, 0.717) is 15.9 Å². The van der Waals surface area contributed by atoms with Crippen LogP contribution in [0.2, 0.25) is 5.02 Å². The van der Waals surface area contributed by atoms with Crippen LogP contribution < -0.4 is 10.6 Å². The lowest BCUT2D eigenvalue weighted by molar-refractivity contribution is -0.122. The zero-order chi connectivity index (χ0) is 18.7. The number of nitrogens with one attached hydrogen (secondary N) is 2. The number of anilines is 1. The molecule has 1 atom stereocenters. The van der Waals surface area contributed by atoms with Crippen molar-refractivity contribution >= 4 is 51.7 Å². The number of aryl methyl sites for hydroxylation is 2. The Balaban J connectivity index is 1.65. The Morgan fingerprint density at radius 3 is 2.77 bits per heavy atom. The van der Waals surface area contributed by atoms with E-state index in [4.69, 9.17) is 11.6 Å². The standard InChI is InChI=1S/C19H18ClN3O2S/c1-11-5-3-4-6-14(11)22-19-23-18(25)16(26-19)10-17(24)21-15-9-13(20)8-7-12(15)2/h3-9,16H,10H2,1-2H3,(H,21,24)(H,22,23,25)/t16-/m1/s1. The van der Waals surface area contributed by atoms with Gasteiger partial charge in [0, 0.05) is 17.1 Å². The van der Waals surface area contributed by atoms with Gasteiger partial charge >= 0.3 is 0 Å². The molecule has 2 N–H and O–H groups in total. The van der Waals surface area contributed by atoms with Crippen LogP contribution in [0.4, 0.5) is 11.4 Å². The zero-order valence-corrected chi connectivity index (χ0v) is 15.9.